The quantitative estimate of drug-likeness (QED) is 0.774. The van der Waals surface area contributed by atoms with Gasteiger partial charge in [-0.2, -0.15) is 0 Å². The van der Waals surface area contributed by atoms with Crippen LogP contribution in [0.1, 0.15) is 22.8 Å². The number of carbonyl (C=O) groups excluding carboxylic acids is 2. The first-order chi connectivity index (χ1) is 11.8. The molecule has 0 saturated heterocycles. The Morgan fingerprint density at radius 2 is 1.84 bits per heavy atom. The van der Waals surface area contributed by atoms with Crippen LogP contribution in [0.4, 0.5) is 5.69 Å². The normalized spacial score (nSPS) is 11.6. The lowest BCUT2D eigenvalue weighted by Crippen LogP contribution is -2.30. The summed E-state index contributed by atoms with van der Waals surface area (Å²) >= 11 is 11.9. The number of aryl methyl sites for hydroxylation is 1. The molecule has 0 saturated carbocycles. The molecule has 0 aliphatic heterocycles. The van der Waals surface area contributed by atoms with Gasteiger partial charge < -0.3 is 14.8 Å². The van der Waals surface area contributed by atoms with Gasteiger partial charge in [-0.25, -0.2) is 4.79 Å². The predicted molar refractivity (Wildman–Crippen MR) is 97.7 cm³/mol. The van der Waals surface area contributed by atoms with Gasteiger partial charge in [-0.3, -0.25) is 4.79 Å². The summed E-state index contributed by atoms with van der Waals surface area (Å²) in [7, 11) is 1.31. The predicted octanol–water partition coefficient (Wildman–Crippen LogP) is 4.49. The number of hydrogen-bond acceptors (Lipinski definition) is 4. The molecule has 2 rings (SSSR count). The van der Waals surface area contributed by atoms with Crippen molar-refractivity contribution in [3.05, 3.63) is 57.6 Å². The van der Waals surface area contributed by atoms with Gasteiger partial charge in [-0.15, -0.1) is 0 Å². The smallest absolute Gasteiger partial charge is 0.337 e. The van der Waals surface area contributed by atoms with Crippen molar-refractivity contribution in [2.45, 2.75) is 20.0 Å². The van der Waals surface area contributed by atoms with Crippen molar-refractivity contribution >= 4 is 40.8 Å². The number of rotatable bonds is 5. The molecule has 25 heavy (non-hydrogen) atoms. The van der Waals surface area contributed by atoms with E-state index in [1.807, 2.05) is 0 Å². The van der Waals surface area contributed by atoms with Crippen LogP contribution in [-0.4, -0.2) is 25.1 Å². The molecule has 0 aliphatic rings. The number of methoxy groups -OCH3 is 1. The van der Waals surface area contributed by atoms with Crippen LogP contribution in [0.2, 0.25) is 10.0 Å². The van der Waals surface area contributed by atoms with Gasteiger partial charge in [0.1, 0.15) is 5.75 Å². The van der Waals surface area contributed by atoms with Crippen LogP contribution in [-0.2, 0) is 9.53 Å². The molecule has 1 atom stereocenters. The second-order valence-electron chi connectivity index (χ2n) is 5.35. The van der Waals surface area contributed by atoms with E-state index in [1.165, 1.54) is 7.11 Å². The maximum absolute atomic E-state index is 12.3. The Morgan fingerprint density at radius 3 is 2.44 bits per heavy atom. The van der Waals surface area contributed by atoms with Crippen LogP contribution < -0.4 is 10.1 Å². The van der Waals surface area contributed by atoms with Crippen LogP contribution in [0.5, 0.6) is 5.75 Å². The lowest BCUT2D eigenvalue weighted by atomic mass is 10.1. The molecule has 0 spiro atoms. The zero-order valence-electron chi connectivity index (χ0n) is 13.9. The summed E-state index contributed by atoms with van der Waals surface area (Å²) in [4.78, 5) is 23.8. The highest BCUT2D eigenvalue weighted by atomic mass is 35.5. The Bertz CT molecular complexity index is 808. The third-order valence-electron chi connectivity index (χ3n) is 3.47. The van der Waals surface area contributed by atoms with Crippen LogP contribution >= 0.6 is 23.2 Å². The Morgan fingerprint density at radius 1 is 1.12 bits per heavy atom. The number of esters is 1. The molecule has 0 bridgehead atoms. The highest BCUT2D eigenvalue weighted by molar-refractivity contribution is 6.35. The van der Waals surface area contributed by atoms with Gasteiger partial charge in [-0.05, 0) is 55.8 Å². The molecular weight excluding hydrogens is 365 g/mol. The number of anilines is 1. The van der Waals surface area contributed by atoms with Gasteiger partial charge >= 0.3 is 5.97 Å². The minimum atomic E-state index is -0.779. The number of carbonyl (C=O) groups is 2. The van der Waals surface area contributed by atoms with E-state index >= 15 is 0 Å². The van der Waals surface area contributed by atoms with E-state index in [0.29, 0.717) is 27.0 Å². The van der Waals surface area contributed by atoms with Gasteiger partial charge in [0, 0.05) is 10.7 Å². The highest BCUT2D eigenvalue weighted by Gasteiger charge is 2.18. The molecule has 5 nitrogen and oxygen atoms in total. The Balaban J connectivity index is 2.07. The minimum absolute atomic E-state index is 0.325. The summed E-state index contributed by atoms with van der Waals surface area (Å²) in [6.45, 7) is 3.39. The second-order valence-corrected chi connectivity index (χ2v) is 6.19. The topological polar surface area (TPSA) is 64.6 Å². The standard InChI is InChI=1S/C18H17Cl2NO4/c1-10-8-12(18(23)24-3)4-6-15(10)21-17(22)11(2)25-16-7-5-13(19)9-14(16)20/h4-9,11H,1-3H3,(H,21,22). The SMILES string of the molecule is COC(=O)c1ccc(NC(=O)C(C)Oc2ccc(Cl)cc2Cl)c(C)c1. The number of amides is 1. The van der Waals surface area contributed by atoms with Crippen LogP contribution in [0.3, 0.4) is 0 Å². The molecule has 7 heteroatoms. The van der Waals surface area contributed by atoms with Gasteiger partial charge in [0.2, 0.25) is 0 Å². The summed E-state index contributed by atoms with van der Waals surface area (Å²) in [6, 6.07) is 9.63. The number of halogens is 2. The summed E-state index contributed by atoms with van der Waals surface area (Å²) in [5.74, 6) is -0.415. The molecule has 0 aliphatic carbocycles. The first kappa shape index (κ1) is 19.1. The Kier molecular flexibility index (Phi) is 6.28. The average Bonchev–Trinajstić information content (AvgIpc) is 2.58. The summed E-state index contributed by atoms with van der Waals surface area (Å²) in [5, 5.41) is 3.57. The molecule has 132 valence electrons. The van der Waals surface area contributed by atoms with Crippen molar-refractivity contribution in [2.24, 2.45) is 0 Å². The minimum Gasteiger partial charge on any atom is -0.479 e. The maximum atomic E-state index is 12.3. The van der Waals surface area contributed by atoms with Crippen molar-refractivity contribution < 1.29 is 19.1 Å². The van der Waals surface area contributed by atoms with E-state index in [2.05, 4.69) is 10.1 Å². The van der Waals surface area contributed by atoms with Crippen molar-refractivity contribution in [1.82, 2.24) is 0 Å². The van der Waals surface area contributed by atoms with E-state index in [-0.39, 0.29) is 5.91 Å². The molecule has 0 aromatic heterocycles. The molecule has 1 amide bonds. The average molecular weight is 382 g/mol. The van der Waals surface area contributed by atoms with E-state index in [9.17, 15) is 9.59 Å². The summed E-state index contributed by atoms with van der Waals surface area (Å²) in [6.07, 6.45) is -0.779. The molecule has 1 N–H and O–H groups in total. The third kappa shape index (κ3) is 4.87. The van der Waals surface area contributed by atoms with Crippen molar-refractivity contribution in [3.8, 4) is 5.75 Å². The zero-order chi connectivity index (χ0) is 18.6. The van der Waals surface area contributed by atoms with Gasteiger partial charge in [0.05, 0.1) is 17.7 Å². The Hall–Kier alpha value is -2.24. The second kappa shape index (κ2) is 8.23. The molecular formula is C18H17Cl2NO4. The van der Waals surface area contributed by atoms with E-state index in [1.54, 1.807) is 50.2 Å². The van der Waals surface area contributed by atoms with Gasteiger partial charge in [-0.1, -0.05) is 23.2 Å². The monoisotopic (exact) mass is 381 g/mol. The fourth-order valence-electron chi connectivity index (χ4n) is 2.10. The van der Waals surface area contributed by atoms with Crippen LogP contribution in [0.25, 0.3) is 0 Å². The molecule has 0 heterocycles. The first-order valence-electron chi connectivity index (χ1n) is 7.43. The number of nitrogens with one attached hydrogen (secondary N) is 1. The van der Waals surface area contributed by atoms with Gasteiger partial charge in [0.25, 0.3) is 5.91 Å². The van der Waals surface area contributed by atoms with Gasteiger partial charge in [0.15, 0.2) is 6.10 Å². The van der Waals surface area contributed by atoms with Crippen LogP contribution in [0.15, 0.2) is 36.4 Å². The number of benzene rings is 2. The van der Waals surface area contributed by atoms with E-state index in [4.69, 9.17) is 27.9 Å². The first-order valence-corrected chi connectivity index (χ1v) is 8.19. The molecule has 2 aromatic carbocycles. The Labute approximate surface area is 155 Å². The van der Waals surface area contributed by atoms with Crippen molar-refractivity contribution in [3.63, 3.8) is 0 Å². The fourth-order valence-corrected chi connectivity index (χ4v) is 2.55. The van der Waals surface area contributed by atoms with E-state index < -0.39 is 12.1 Å². The fraction of sp³-hybridized carbons (Fsp3) is 0.222. The van der Waals surface area contributed by atoms with Crippen molar-refractivity contribution in [2.75, 3.05) is 12.4 Å². The van der Waals surface area contributed by atoms with E-state index in [0.717, 1.165) is 5.56 Å². The molecule has 0 fully saturated rings. The molecule has 2 aromatic rings. The molecule has 1 unspecified atom stereocenters. The number of hydrogen-bond donors (Lipinski definition) is 1. The lowest BCUT2D eigenvalue weighted by Gasteiger charge is -2.17. The summed E-state index contributed by atoms with van der Waals surface area (Å²) < 4.78 is 10.2. The summed E-state index contributed by atoms with van der Waals surface area (Å²) in [5.41, 5.74) is 1.72. The molecule has 0 radical (unpaired) electrons. The third-order valence-corrected chi connectivity index (χ3v) is 4.00. The zero-order valence-corrected chi connectivity index (χ0v) is 15.4. The lowest BCUT2D eigenvalue weighted by molar-refractivity contribution is -0.122. The number of ether oxygens (including phenoxy) is 2. The maximum Gasteiger partial charge on any atom is 0.337 e. The largest absolute Gasteiger partial charge is 0.479 e. The highest BCUT2D eigenvalue weighted by Crippen LogP contribution is 2.28. The van der Waals surface area contributed by atoms with Crippen LogP contribution in [0, 0.1) is 6.92 Å². The van der Waals surface area contributed by atoms with Crippen molar-refractivity contribution in [1.29, 1.82) is 0 Å².